The summed E-state index contributed by atoms with van der Waals surface area (Å²) >= 11 is 0. The van der Waals surface area contributed by atoms with Gasteiger partial charge in [0.1, 0.15) is 6.10 Å². The number of nitrogens with zero attached hydrogens (tertiary/aromatic N) is 1. The van der Waals surface area contributed by atoms with Gasteiger partial charge in [-0.05, 0) is 69.5 Å². The number of piperidine rings is 1. The van der Waals surface area contributed by atoms with Crippen molar-refractivity contribution in [1.29, 1.82) is 0 Å². The number of hydrogen-bond donors (Lipinski definition) is 2. The number of ether oxygens (including phenoxy) is 2. The van der Waals surface area contributed by atoms with Gasteiger partial charge in [0.05, 0.1) is 17.1 Å². The summed E-state index contributed by atoms with van der Waals surface area (Å²) < 4.78 is 12.1. The molecule has 2 heterocycles. The van der Waals surface area contributed by atoms with Crippen molar-refractivity contribution in [3.63, 3.8) is 0 Å². The fraction of sp³-hybridized carbons (Fsp3) is 0.593. The zero-order valence-corrected chi connectivity index (χ0v) is 19.2. The number of hydrogen-bond acceptors (Lipinski definition) is 6. The Hall–Kier alpha value is -2.15. The van der Waals surface area contributed by atoms with Gasteiger partial charge >= 0.3 is 5.97 Å². The Morgan fingerprint density at radius 1 is 1.27 bits per heavy atom. The van der Waals surface area contributed by atoms with Crippen LogP contribution >= 0.6 is 0 Å². The molecule has 2 aliphatic heterocycles. The van der Waals surface area contributed by atoms with Crippen molar-refractivity contribution in [2.24, 2.45) is 5.92 Å². The van der Waals surface area contributed by atoms with E-state index in [0.717, 1.165) is 43.0 Å². The van der Waals surface area contributed by atoms with Crippen molar-refractivity contribution in [3.05, 3.63) is 47.6 Å². The third-order valence-corrected chi connectivity index (χ3v) is 8.99. The Balaban J connectivity index is 1.41. The van der Waals surface area contributed by atoms with Crippen LogP contribution in [0.4, 0.5) is 0 Å². The quantitative estimate of drug-likeness (QED) is 0.310. The number of allylic oxidation sites excluding steroid dienone is 3. The minimum Gasteiger partial charge on any atom is -0.482 e. The van der Waals surface area contributed by atoms with Crippen LogP contribution in [0.25, 0.3) is 0 Å². The van der Waals surface area contributed by atoms with Crippen LogP contribution in [0.3, 0.4) is 0 Å². The third kappa shape index (κ3) is 2.93. The topological polar surface area (TPSA) is 79.2 Å². The van der Waals surface area contributed by atoms with Crippen molar-refractivity contribution in [2.75, 3.05) is 13.1 Å². The van der Waals surface area contributed by atoms with Gasteiger partial charge in [-0.2, -0.15) is 0 Å². The Morgan fingerprint density at radius 2 is 2.12 bits per heavy atom. The molecule has 1 aromatic carbocycles. The number of benzene rings is 1. The lowest BCUT2D eigenvalue weighted by Crippen LogP contribution is -2.77. The van der Waals surface area contributed by atoms with Gasteiger partial charge in [-0.1, -0.05) is 30.7 Å². The van der Waals surface area contributed by atoms with Crippen LogP contribution < -0.4 is 9.47 Å². The summed E-state index contributed by atoms with van der Waals surface area (Å²) in [6.45, 7) is 3.82. The molecule has 6 heteroatoms. The van der Waals surface area contributed by atoms with E-state index in [1.165, 1.54) is 25.3 Å². The second-order valence-electron chi connectivity index (χ2n) is 10.5. The van der Waals surface area contributed by atoms with Crippen LogP contribution in [0.5, 0.6) is 11.5 Å². The van der Waals surface area contributed by atoms with E-state index in [0.29, 0.717) is 24.3 Å². The maximum atomic E-state index is 12.4. The monoisotopic (exact) mass is 451 g/mol. The van der Waals surface area contributed by atoms with Gasteiger partial charge in [0.25, 0.3) is 0 Å². The molecule has 33 heavy (non-hydrogen) atoms. The maximum absolute atomic E-state index is 12.4. The van der Waals surface area contributed by atoms with Crippen LogP contribution in [-0.2, 0) is 16.6 Å². The molecule has 1 saturated heterocycles. The molecule has 2 N–H and O–H groups in total. The SMILES string of the molecule is C/C=C/C=C/C(=O)Oc1ccc2c3c1OC1C(O)CCC4(O)C(C2)N(CC2CCC2)CCC314. The van der Waals surface area contributed by atoms with Crippen molar-refractivity contribution in [3.8, 4) is 11.5 Å². The molecule has 0 amide bonds. The van der Waals surface area contributed by atoms with Crippen LogP contribution in [-0.4, -0.2) is 58.0 Å². The Bertz CT molecular complexity index is 1030. The highest BCUT2D eigenvalue weighted by Crippen LogP contribution is 2.65. The number of likely N-dealkylation sites (tertiary alicyclic amines) is 1. The molecule has 176 valence electrons. The fourth-order valence-corrected chi connectivity index (χ4v) is 7.29. The van der Waals surface area contributed by atoms with E-state index in [1.807, 2.05) is 25.1 Å². The molecule has 1 spiro atoms. The van der Waals surface area contributed by atoms with E-state index in [1.54, 1.807) is 12.2 Å². The zero-order valence-electron chi connectivity index (χ0n) is 19.2. The normalized spacial score (nSPS) is 37.1. The summed E-state index contributed by atoms with van der Waals surface area (Å²) in [6, 6.07) is 3.87. The minimum atomic E-state index is -0.953. The number of aliphatic hydroxyl groups is 2. The second kappa shape index (κ2) is 7.69. The van der Waals surface area contributed by atoms with Crippen LogP contribution in [0.15, 0.2) is 36.4 Å². The fourth-order valence-electron chi connectivity index (χ4n) is 7.29. The van der Waals surface area contributed by atoms with Gasteiger partial charge in [0.2, 0.25) is 0 Å². The van der Waals surface area contributed by atoms with E-state index >= 15 is 0 Å². The lowest BCUT2D eigenvalue weighted by atomic mass is 9.48. The van der Waals surface area contributed by atoms with Gasteiger partial charge in [-0.3, -0.25) is 4.90 Å². The molecule has 0 aromatic heterocycles. The van der Waals surface area contributed by atoms with Crippen LogP contribution in [0.2, 0.25) is 0 Å². The summed E-state index contributed by atoms with van der Waals surface area (Å²) in [5.74, 6) is 1.18. The Morgan fingerprint density at radius 3 is 2.88 bits per heavy atom. The summed E-state index contributed by atoms with van der Waals surface area (Å²) in [5.41, 5.74) is 0.512. The summed E-state index contributed by atoms with van der Waals surface area (Å²) in [6.07, 6.45) is 11.9. The second-order valence-corrected chi connectivity index (χ2v) is 10.5. The van der Waals surface area contributed by atoms with E-state index < -0.39 is 29.2 Å². The predicted molar refractivity (Wildman–Crippen MR) is 123 cm³/mol. The smallest absolute Gasteiger partial charge is 0.336 e. The van der Waals surface area contributed by atoms with Gasteiger partial charge in [-0.15, -0.1) is 0 Å². The molecule has 2 saturated carbocycles. The first kappa shape index (κ1) is 21.4. The molecule has 0 radical (unpaired) electrons. The molecule has 1 aromatic rings. The van der Waals surface area contributed by atoms with Crippen molar-refractivity contribution in [1.82, 2.24) is 4.90 Å². The predicted octanol–water partition coefficient (Wildman–Crippen LogP) is 3.04. The molecular weight excluding hydrogens is 418 g/mol. The van der Waals surface area contributed by atoms with Gasteiger partial charge in [-0.25, -0.2) is 4.79 Å². The number of carbonyl (C=O) groups excluding carboxylic acids is 1. The highest BCUT2D eigenvalue weighted by atomic mass is 16.6. The number of aliphatic hydroxyl groups excluding tert-OH is 1. The van der Waals surface area contributed by atoms with Crippen molar-refractivity contribution >= 4 is 5.97 Å². The minimum absolute atomic E-state index is 0.0288. The summed E-state index contributed by atoms with van der Waals surface area (Å²) in [7, 11) is 0. The van der Waals surface area contributed by atoms with Crippen molar-refractivity contribution in [2.45, 2.75) is 81.1 Å². The Kier molecular flexibility index (Phi) is 4.98. The molecule has 2 bridgehead atoms. The van der Waals surface area contributed by atoms with E-state index in [9.17, 15) is 15.0 Å². The molecule has 5 atom stereocenters. The largest absolute Gasteiger partial charge is 0.482 e. The first-order valence-electron chi connectivity index (χ1n) is 12.5. The molecule has 5 aliphatic rings. The van der Waals surface area contributed by atoms with E-state index in [2.05, 4.69) is 4.90 Å². The van der Waals surface area contributed by atoms with E-state index in [4.69, 9.17) is 9.47 Å². The first-order chi connectivity index (χ1) is 16.0. The highest BCUT2D eigenvalue weighted by Gasteiger charge is 2.73. The molecule has 3 aliphatic carbocycles. The van der Waals surface area contributed by atoms with Crippen LogP contribution in [0, 0.1) is 5.92 Å². The molecule has 3 fully saturated rings. The number of esters is 1. The molecule has 6 rings (SSSR count). The average Bonchev–Trinajstić information content (AvgIpc) is 3.12. The molecule has 6 nitrogen and oxygen atoms in total. The van der Waals surface area contributed by atoms with Gasteiger partial charge in [0, 0.05) is 24.2 Å². The lowest BCUT2D eigenvalue weighted by molar-refractivity contribution is -0.209. The number of rotatable bonds is 5. The van der Waals surface area contributed by atoms with Gasteiger partial charge in [0.15, 0.2) is 11.5 Å². The van der Waals surface area contributed by atoms with Crippen LogP contribution in [0.1, 0.15) is 56.6 Å². The average molecular weight is 452 g/mol. The standard InChI is InChI=1S/C27H33NO5/c1-2-3-4-8-22(30)32-20-10-9-18-15-21-27(31)12-11-19(29)25-26(27,23(18)24(20)33-25)13-14-28(21)16-17-6-5-7-17/h2-4,8-10,17,19,21,25,29,31H,5-7,11-16H2,1H3/b3-2+,8-4+. The van der Waals surface area contributed by atoms with E-state index in [-0.39, 0.29) is 6.04 Å². The highest BCUT2D eigenvalue weighted by molar-refractivity contribution is 5.85. The van der Waals surface area contributed by atoms with Crippen molar-refractivity contribution < 1.29 is 24.5 Å². The summed E-state index contributed by atoms with van der Waals surface area (Å²) in [4.78, 5) is 14.9. The third-order valence-electron chi connectivity index (χ3n) is 8.99. The Labute approximate surface area is 194 Å². The van der Waals surface area contributed by atoms with Gasteiger partial charge < -0.3 is 19.7 Å². The molecular formula is C27H33NO5. The molecule has 5 unspecified atom stereocenters. The lowest BCUT2D eigenvalue weighted by Gasteiger charge is -2.64. The maximum Gasteiger partial charge on any atom is 0.336 e. The number of carbonyl (C=O) groups is 1. The zero-order chi connectivity index (χ0) is 22.8. The first-order valence-corrected chi connectivity index (χ1v) is 12.5. The summed E-state index contributed by atoms with van der Waals surface area (Å²) in [5, 5.41) is 23.4.